The number of hydrogen-bond acceptors (Lipinski definition) is 4. The van der Waals surface area contributed by atoms with Crippen LogP contribution in [-0.2, 0) is 14.2 Å². The molecule has 0 aromatic heterocycles. The lowest BCUT2D eigenvalue weighted by atomic mass is 10.3. The molecule has 14 heavy (non-hydrogen) atoms. The van der Waals surface area contributed by atoms with E-state index in [2.05, 4.69) is 0 Å². The van der Waals surface area contributed by atoms with E-state index in [0.717, 1.165) is 32.5 Å². The average molecular weight is 206 g/mol. The SMILES string of the molecule is CCOCOCCCCOCCCO. The lowest BCUT2D eigenvalue weighted by molar-refractivity contribution is -0.0512. The molecule has 0 atom stereocenters. The molecule has 0 spiro atoms. The van der Waals surface area contributed by atoms with E-state index < -0.39 is 0 Å². The van der Waals surface area contributed by atoms with Gasteiger partial charge >= 0.3 is 0 Å². The quantitative estimate of drug-likeness (QED) is 0.407. The van der Waals surface area contributed by atoms with Crippen LogP contribution in [0.4, 0.5) is 0 Å². The summed E-state index contributed by atoms with van der Waals surface area (Å²) in [4.78, 5) is 0. The number of rotatable bonds is 11. The van der Waals surface area contributed by atoms with E-state index in [1.807, 2.05) is 6.92 Å². The zero-order valence-corrected chi connectivity index (χ0v) is 9.04. The third-order valence-electron chi connectivity index (χ3n) is 1.64. The Bertz CT molecular complexity index is 86.1. The first-order chi connectivity index (χ1) is 6.91. The maximum atomic E-state index is 8.48. The minimum absolute atomic E-state index is 0.206. The van der Waals surface area contributed by atoms with Crippen LogP contribution in [0, 0.1) is 0 Å². The fourth-order valence-corrected chi connectivity index (χ4v) is 0.878. The summed E-state index contributed by atoms with van der Waals surface area (Å²) in [6.07, 6.45) is 2.71. The first-order valence-electron chi connectivity index (χ1n) is 5.26. The van der Waals surface area contributed by atoms with Gasteiger partial charge in [0.25, 0.3) is 0 Å². The summed E-state index contributed by atoms with van der Waals surface area (Å²) < 4.78 is 15.5. The summed E-state index contributed by atoms with van der Waals surface area (Å²) in [6.45, 7) is 5.36. The number of aliphatic hydroxyl groups is 1. The molecule has 86 valence electrons. The van der Waals surface area contributed by atoms with Crippen molar-refractivity contribution >= 4 is 0 Å². The Morgan fingerprint density at radius 2 is 1.50 bits per heavy atom. The van der Waals surface area contributed by atoms with Gasteiger partial charge in [-0.25, -0.2) is 0 Å². The van der Waals surface area contributed by atoms with Crippen molar-refractivity contribution in [3.05, 3.63) is 0 Å². The Morgan fingerprint density at radius 1 is 0.857 bits per heavy atom. The molecular weight excluding hydrogens is 184 g/mol. The largest absolute Gasteiger partial charge is 0.396 e. The second-order valence-electron chi connectivity index (χ2n) is 2.92. The van der Waals surface area contributed by atoms with Gasteiger partial charge in [0.05, 0.1) is 0 Å². The van der Waals surface area contributed by atoms with Gasteiger partial charge < -0.3 is 19.3 Å². The predicted molar refractivity (Wildman–Crippen MR) is 54.2 cm³/mol. The first-order valence-corrected chi connectivity index (χ1v) is 5.26. The van der Waals surface area contributed by atoms with Crippen LogP contribution in [-0.4, -0.2) is 44.9 Å². The molecule has 0 unspecified atom stereocenters. The highest BCUT2D eigenvalue weighted by atomic mass is 16.7. The van der Waals surface area contributed by atoms with Gasteiger partial charge in [0, 0.05) is 33.0 Å². The molecule has 0 radical (unpaired) electrons. The van der Waals surface area contributed by atoms with Crippen molar-refractivity contribution < 1.29 is 19.3 Å². The summed E-state index contributed by atoms with van der Waals surface area (Å²) in [7, 11) is 0. The van der Waals surface area contributed by atoms with Crippen LogP contribution in [0.3, 0.4) is 0 Å². The highest BCUT2D eigenvalue weighted by Crippen LogP contribution is 1.92. The molecular formula is C10H22O4. The van der Waals surface area contributed by atoms with Crippen LogP contribution in [0.5, 0.6) is 0 Å². The van der Waals surface area contributed by atoms with Crippen molar-refractivity contribution in [3.8, 4) is 0 Å². The maximum Gasteiger partial charge on any atom is 0.146 e. The number of hydrogen-bond donors (Lipinski definition) is 1. The van der Waals surface area contributed by atoms with Gasteiger partial charge in [-0.3, -0.25) is 0 Å². The zero-order chi connectivity index (χ0) is 10.5. The van der Waals surface area contributed by atoms with E-state index in [1.165, 1.54) is 0 Å². The smallest absolute Gasteiger partial charge is 0.146 e. The topological polar surface area (TPSA) is 47.9 Å². The van der Waals surface area contributed by atoms with Gasteiger partial charge in [-0.2, -0.15) is 0 Å². The minimum Gasteiger partial charge on any atom is -0.396 e. The van der Waals surface area contributed by atoms with Crippen molar-refractivity contribution in [1.82, 2.24) is 0 Å². The van der Waals surface area contributed by atoms with Gasteiger partial charge in [-0.15, -0.1) is 0 Å². The van der Waals surface area contributed by atoms with Gasteiger partial charge in [0.2, 0.25) is 0 Å². The molecule has 1 N–H and O–H groups in total. The summed E-state index contributed by atoms with van der Waals surface area (Å²) in [5.74, 6) is 0. The minimum atomic E-state index is 0.206. The molecule has 0 fully saturated rings. The second kappa shape index (κ2) is 12.8. The van der Waals surface area contributed by atoms with Crippen LogP contribution >= 0.6 is 0 Å². The maximum absolute atomic E-state index is 8.48. The summed E-state index contributed by atoms with van der Waals surface area (Å²) in [6, 6.07) is 0. The monoisotopic (exact) mass is 206 g/mol. The highest BCUT2D eigenvalue weighted by Gasteiger charge is 1.90. The third-order valence-corrected chi connectivity index (χ3v) is 1.64. The Hall–Kier alpha value is -0.160. The number of ether oxygens (including phenoxy) is 3. The molecule has 0 aliphatic heterocycles. The molecule has 4 heteroatoms. The lowest BCUT2D eigenvalue weighted by Crippen LogP contribution is -2.03. The van der Waals surface area contributed by atoms with Crippen molar-refractivity contribution in [2.24, 2.45) is 0 Å². The molecule has 0 bridgehead atoms. The van der Waals surface area contributed by atoms with Crippen LogP contribution in [0.1, 0.15) is 26.2 Å². The molecule has 0 aromatic carbocycles. The normalized spacial score (nSPS) is 10.7. The molecule has 4 nitrogen and oxygen atoms in total. The molecule has 0 amide bonds. The molecule has 0 saturated carbocycles. The molecule has 0 rings (SSSR count). The van der Waals surface area contributed by atoms with Crippen LogP contribution in [0.15, 0.2) is 0 Å². The molecule has 0 saturated heterocycles. The van der Waals surface area contributed by atoms with Crippen molar-refractivity contribution in [2.75, 3.05) is 39.8 Å². The second-order valence-corrected chi connectivity index (χ2v) is 2.92. The number of aliphatic hydroxyl groups excluding tert-OH is 1. The Morgan fingerprint density at radius 3 is 2.14 bits per heavy atom. The molecule has 0 aromatic rings. The summed E-state index contributed by atoms with van der Waals surface area (Å²) in [5.41, 5.74) is 0. The van der Waals surface area contributed by atoms with Crippen LogP contribution < -0.4 is 0 Å². The zero-order valence-electron chi connectivity index (χ0n) is 9.04. The van der Waals surface area contributed by atoms with Gasteiger partial charge in [-0.05, 0) is 26.2 Å². The fourth-order valence-electron chi connectivity index (χ4n) is 0.878. The van der Waals surface area contributed by atoms with Gasteiger partial charge in [-0.1, -0.05) is 0 Å². The molecule has 0 aliphatic rings. The van der Waals surface area contributed by atoms with Crippen molar-refractivity contribution in [1.29, 1.82) is 0 Å². The summed E-state index contributed by atoms with van der Waals surface area (Å²) >= 11 is 0. The first kappa shape index (κ1) is 13.8. The van der Waals surface area contributed by atoms with Gasteiger partial charge in [0.1, 0.15) is 6.79 Å². The van der Waals surface area contributed by atoms with E-state index in [4.69, 9.17) is 19.3 Å². The average Bonchev–Trinajstić information content (AvgIpc) is 2.21. The summed E-state index contributed by atoms with van der Waals surface area (Å²) in [5, 5.41) is 8.48. The highest BCUT2D eigenvalue weighted by molar-refractivity contribution is 4.38. The number of unbranched alkanes of at least 4 members (excludes halogenated alkanes) is 1. The van der Waals surface area contributed by atoms with Crippen molar-refractivity contribution in [3.63, 3.8) is 0 Å². The Labute approximate surface area is 86.2 Å². The molecule has 0 heterocycles. The standard InChI is InChI=1S/C10H22O4/c1-2-12-10-14-8-4-3-7-13-9-5-6-11/h11H,2-10H2,1H3. The van der Waals surface area contributed by atoms with E-state index in [-0.39, 0.29) is 6.61 Å². The van der Waals surface area contributed by atoms with Gasteiger partial charge in [0.15, 0.2) is 0 Å². The third kappa shape index (κ3) is 11.8. The van der Waals surface area contributed by atoms with Crippen LogP contribution in [0.25, 0.3) is 0 Å². The van der Waals surface area contributed by atoms with E-state index in [0.29, 0.717) is 20.0 Å². The van der Waals surface area contributed by atoms with Crippen LogP contribution in [0.2, 0.25) is 0 Å². The van der Waals surface area contributed by atoms with Crippen molar-refractivity contribution in [2.45, 2.75) is 26.2 Å². The van der Waals surface area contributed by atoms with E-state index in [1.54, 1.807) is 0 Å². The lowest BCUT2D eigenvalue weighted by Gasteiger charge is -2.04. The fraction of sp³-hybridized carbons (Fsp3) is 1.00. The predicted octanol–water partition coefficient (Wildman–Crippen LogP) is 1.18. The molecule has 0 aliphatic carbocycles. The Balaban J connectivity index is 2.78. The van der Waals surface area contributed by atoms with E-state index in [9.17, 15) is 0 Å². The van der Waals surface area contributed by atoms with E-state index >= 15 is 0 Å². The Kier molecular flexibility index (Phi) is 12.7.